The molecule has 0 aliphatic carbocycles. The van der Waals surface area contributed by atoms with Crippen LogP contribution in [0.5, 0.6) is 0 Å². The molecule has 0 fully saturated rings. The fourth-order valence-corrected chi connectivity index (χ4v) is 3.07. The molecule has 0 aliphatic rings. The van der Waals surface area contributed by atoms with Gasteiger partial charge in [0.2, 0.25) is 10.0 Å². The van der Waals surface area contributed by atoms with Gasteiger partial charge < -0.3 is 5.73 Å². The van der Waals surface area contributed by atoms with Crippen LogP contribution in [0, 0.1) is 11.6 Å². The van der Waals surface area contributed by atoms with Crippen LogP contribution in [-0.2, 0) is 16.6 Å². The lowest BCUT2D eigenvalue weighted by Gasteiger charge is -2.08. The number of nitrogens with one attached hydrogen (secondary N) is 1. The van der Waals surface area contributed by atoms with Crippen molar-refractivity contribution in [1.82, 2.24) is 9.71 Å². The van der Waals surface area contributed by atoms with Crippen molar-refractivity contribution in [2.24, 2.45) is 0 Å². The summed E-state index contributed by atoms with van der Waals surface area (Å²) in [7, 11) is -4.31. The van der Waals surface area contributed by atoms with E-state index in [1.165, 1.54) is 16.8 Å². The van der Waals surface area contributed by atoms with E-state index in [-0.39, 0.29) is 12.2 Å². The summed E-state index contributed by atoms with van der Waals surface area (Å²) in [4.78, 5) is 2.81. The number of anilines is 1. The summed E-state index contributed by atoms with van der Waals surface area (Å²) in [6, 6.07) is 1.50. The van der Waals surface area contributed by atoms with Gasteiger partial charge in [-0.15, -0.1) is 11.3 Å². The summed E-state index contributed by atoms with van der Waals surface area (Å²) in [5.74, 6) is -2.47. The Labute approximate surface area is 112 Å². The van der Waals surface area contributed by atoms with Crippen LogP contribution in [0.1, 0.15) is 5.69 Å². The first-order valence-corrected chi connectivity index (χ1v) is 7.44. The number of hydrogen-bond donors (Lipinski definition) is 2. The second-order valence-electron chi connectivity index (χ2n) is 3.62. The molecule has 1 aromatic carbocycles. The zero-order valence-corrected chi connectivity index (χ0v) is 11.1. The summed E-state index contributed by atoms with van der Waals surface area (Å²) in [6.45, 7) is -0.144. The van der Waals surface area contributed by atoms with E-state index in [0.29, 0.717) is 5.69 Å². The van der Waals surface area contributed by atoms with Gasteiger partial charge in [0.25, 0.3) is 0 Å². The Hall–Kier alpha value is -1.58. The molecule has 1 aromatic heterocycles. The number of halogens is 2. The summed E-state index contributed by atoms with van der Waals surface area (Å²) < 4.78 is 52.8. The van der Waals surface area contributed by atoms with Crippen LogP contribution in [0.4, 0.5) is 14.5 Å². The van der Waals surface area contributed by atoms with E-state index < -0.39 is 26.6 Å². The number of thiazole rings is 1. The van der Waals surface area contributed by atoms with Crippen LogP contribution in [0.3, 0.4) is 0 Å². The zero-order valence-electron chi connectivity index (χ0n) is 9.43. The molecule has 0 unspecified atom stereocenters. The van der Waals surface area contributed by atoms with Crippen molar-refractivity contribution >= 4 is 27.0 Å². The van der Waals surface area contributed by atoms with Gasteiger partial charge in [0.1, 0.15) is 11.6 Å². The minimum Gasteiger partial charge on any atom is -0.399 e. The molecule has 5 nitrogen and oxygen atoms in total. The lowest BCUT2D eigenvalue weighted by molar-refractivity contribution is 0.514. The summed E-state index contributed by atoms with van der Waals surface area (Å²) in [5, 5.41) is 1.62. The number of hydrogen-bond acceptors (Lipinski definition) is 5. The second-order valence-corrected chi connectivity index (χ2v) is 6.04. The number of aromatic nitrogens is 1. The minimum atomic E-state index is -4.31. The fraction of sp³-hybridized carbons (Fsp3) is 0.100. The summed E-state index contributed by atoms with van der Waals surface area (Å²) in [6.07, 6.45) is 0. The van der Waals surface area contributed by atoms with Crippen LogP contribution in [0.2, 0.25) is 0 Å². The van der Waals surface area contributed by atoms with Gasteiger partial charge in [-0.1, -0.05) is 0 Å². The molecule has 2 aromatic rings. The minimum absolute atomic E-state index is 0.144. The first-order chi connectivity index (χ1) is 8.90. The smallest absolute Gasteiger partial charge is 0.246 e. The van der Waals surface area contributed by atoms with Gasteiger partial charge in [-0.3, -0.25) is 0 Å². The Balaban J connectivity index is 2.29. The monoisotopic (exact) mass is 305 g/mol. The van der Waals surface area contributed by atoms with Gasteiger partial charge in [-0.25, -0.2) is 26.9 Å². The van der Waals surface area contributed by atoms with E-state index in [4.69, 9.17) is 5.73 Å². The molecule has 0 saturated carbocycles. The normalized spacial score (nSPS) is 11.7. The van der Waals surface area contributed by atoms with Crippen molar-refractivity contribution in [3.63, 3.8) is 0 Å². The van der Waals surface area contributed by atoms with Crippen LogP contribution in [-0.4, -0.2) is 13.4 Å². The van der Waals surface area contributed by atoms with E-state index >= 15 is 0 Å². The summed E-state index contributed by atoms with van der Waals surface area (Å²) in [5.41, 5.74) is 7.02. The maximum atomic E-state index is 13.5. The van der Waals surface area contributed by atoms with Gasteiger partial charge in [0.05, 0.1) is 17.7 Å². The Morgan fingerprint density at radius 1 is 1.32 bits per heavy atom. The van der Waals surface area contributed by atoms with Crippen molar-refractivity contribution < 1.29 is 17.2 Å². The highest BCUT2D eigenvalue weighted by molar-refractivity contribution is 7.89. The molecule has 0 radical (unpaired) electrons. The highest BCUT2D eigenvalue weighted by atomic mass is 32.2. The molecular formula is C10H9F2N3O2S2. The van der Waals surface area contributed by atoms with Crippen molar-refractivity contribution in [2.45, 2.75) is 11.4 Å². The van der Waals surface area contributed by atoms with Crippen LogP contribution in [0.25, 0.3) is 0 Å². The number of nitrogens with two attached hydrogens (primary N) is 1. The van der Waals surface area contributed by atoms with Crippen LogP contribution in [0.15, 0.2) is 27.9 Å². The van der Waals surface area contributed by atoms with E-state index in [9.17, 15) is 17.2 Å². The van der Waals surface area contributed by atoms with Crippen LogP contribution >= 0.6 is 11.3 Å². The topological polar surface area (TPSA) is 85.1 Å². The molecule has 0 spiro atoms. The second kappa shape index (κ2) is 5.19. The zero-order chi connectivity index (χ0) is 14.0. The molecule has 0 bridgehead atoms. The Bertz CT molecular complexity index is 664. The standard InChI is InChI=1S/C10H9F2N3O2S2/c11-8-1-6(13)2-9(12)10(8)19(16,17)15-3-7-4-18-5-14-7/h1-2,4-5,15H,3,13H2. The van der Waals surface area contributed by atoms with Crippen LogP contribution < -0.4 is 10.5 Å². The molecule has 0 atom stereocenters. The maximum absolute atomic E-state index is 13.5. The molecule has 2 rings (SSSR count). The lowest BCUT2D eigenvalue weighted by Crippen LogP contribution is -2.25. The predicted octanol–water partition coefficient (Wildman–Crippen LogP) is 1.48. The Morgan fingerprint density at radius 3 is 2.47 bits per heavy atom. The highest BCUT2D eigenvalue weighted by Crippen LogP contribution is 2.21. The number of nitrogens with zero attached hydrogens (tertiary/aromatic N) is 1. The van der Waals surface area contributed by atoms with E-state index in [1.807, 2.05) is 0 Å². The van der Waals surface area contributed by atoms with E-state index in [2.05, 4.69) is 9.71 Å². The maximum Gasteiger partial charge on any atom is 0.246 e. The van der Waals surface area contributed by atoms with Crippen molar-refractivity contribution in [1.29, 1.82) is 0 Å². The molecule has 0 saturated heterocycles. The van der Waals surface area contributed by atoms with Gasteiger partial charge in [0, 0.05) is 11.1 Å². The average Bonchev–Trinajstić information content (AvgIpc) is 2.77. The predicted molar refractivity (Wildman–Crippen MR) is 66.9 cm³/mol. The first-order valence-electron chi connectivity index (χ1n) is 5.01. The Morgan fingerprint density at radius 2 is 1.95 bits per heavy atom. The fourth-order valence-electron chi connectivity index (χ4n) is 1.40. The molecule has 19 heavy (non-hydrogen) atoms. The van der Waals surface area contributed by atoms with E-state index in [1.54, 1.807) is 5.38 Å². The number of nitrogen functional groups attached to an aromatic ring is 1. The SMILES string of the molecule is Nc1cc(F)c(S(=O)(=O)NCc2cscn2)c(F)c1. The lowest BCUT2D eigenvalue weighted by atomic mass is 10.3. The molecule has 0 amide bonds. The molecule has 102 valence electrons. The molecular weight excluding hydrogens is 296 g/mol. The molecule has 3 N–H and O–H groups in total. The van der Waals surface area contributed by atoms with Gasteiger partial charge in [-0.05, 0) is 12.1 Å². The molecule has 1 heterocycles. The van der Waals surface area contributed by atoms with Gasteiger partial charge in [0.15, 0.2) is 4.90 Å². The quantitative estimate of drug-likeness (QED) is 0.838. The van der Waals surface area contributed by atoms with Crippen molar-refractivity contribution in [2.75, 3.05) is 5.73 Å². The number of benzene rings is 1. The van der Waals surface area contributed by atoms with Crippen molar-refractivity contribution in [3.05, 3.63) is 40.4 Å². The average molecular weight is 305 g/mol. The number of sulfonamides is 1. The van der Waals surface area contributed by atoms with Gasteiger partial charge in [-0.2, -0.15) is 0 Å². The summed E-state index contributed by atoms with van der Waals surface area (Å²) >= 11 is 1.28. The number of rotatable bonds is 4. The largest absolute Gasteiger partial charge is 0.399 e. The van der Waals surface area contributed by atoms with Gasteiger partial charge >= 0.3 is 0 Å². The highest BCUT2D eigenvalue weighted by Gasteiger charge is 2.24. The molecule has 9 heteroatoms. The molecule has 0 aliphatic heterocycles. The van der Waals surface area contributed by atoms with Crippen molar-refractivity contribution in [3.8, 4) is 0 Å². The third-order valence-corrected chi connectivity index (χ3v) is 4.30. The third-order valence-electron chi connectivity index (χ3n) is 2.22. The first kappa shape index (κ1) is 13.8. The third kappa shape index (κ3) is 3.06. The Kier molecular flexibility index (Phi) is 3.78. The van der Waals surface area contributed by atoms with E-state index in [0.717, 1.165) is 12.1 Å².